The lowest BCUT2D eigenvalue weighted by atomic mass is 9.93. The van der Waals surface area contributed by atoms with Crippen LogP contribution in [0.25, 0.3) is 0 Å². The van der Waals surface area contributed by atoms with Crippen LogP contribution in [0, 0.1) is 5.92 Å². The first-order chi connectivity index (χ1) is 13.8. The minimum absolute atomic E-state index is 0.186. The molecule has 4 heteroatoms. The van der Waals surface area contributed by atoms with Crippen LogP contribution in [0.3, 0.4) is 0 Å². The Morgan fingerprint density at radius 2 is 1.75 bits per heavy atom. The van der Waals surface area contributed by atoms with Crippen LogP contribution in [0.4, 0.5) is 0 Å². The van der Waals surface area contributed by atoms with Gasteiger partial charge in [-0.1, -0.05) is 42.5 Å². The Kier molecular flexibility index (Phi) is 6.81. The second-order valence-corrected chi connectivity index (χ2v) is 8.79. The predicted octanol–water partition coefficient (Wildman–Crippen LogP) is 3.24. The topological polar surface area (TPSA) is 35.6 Å². The molecule has 0 spiro atoms. The van der Waals surface area contributed by atoms with E-state index in [-0.39, 0.29) is 5.92 Å². The zero-order chi connectivity index (χ0) is 19.2. The zero-order valence-electron chi connectivity index (χ0n) is 17.1. The third-order valence-corrected chi connectivity index (χ3v) is 6.81. The predicted molar refractivity (Wildman–Crippen MR) is 114 cm³/mol. The number of nitrogens with one attached hydrogen (secondary N) is 1. The molecule has 4 nitrogen and oxygen atoms in total. The van der Waals surface area contributed by atoms with E-state index in [9.17, 15) is 4.79 Å². The molecule has 2 saturated heterocycles. The minimum atomic E-state index is 0.186. The lowest BCUT2D eigenvalue weighted by Gasteiger charge is -2.42. The Labute approximate surface area is 170 Å². The third-order valence-electron chi connectivity index (χ3n) is 6.81. The van der Waals surface area contributed by atoms with Crippen LogP contribution < -0.4 is 5.32 Å². The fraction of sp³-hybridized carbons (Fsp3) is 0.625. The van der Waals surface area contributed by atoms with Gasteiger partial charge in [0.1, 0.15) is 0 Å². The molecule has 0 aromatic heterocycles. The van der Waals surface area contributed by atoms with E-state index in [1.165, 1.54) is 38.0 Å². The molecule has 1 aliphatic carbocycles. The zero-order valence-corrected chi connectivity index (χ0v) is 17.1. The van der Waals surface area contributed by atoms with Crippen molar-refractivity contribution in [3.05, 3.63) is 48.0 Å². The molecule has 2 aliphatic heterocycles. The van der Waals surface area contributed by atoms with E-state index in [2.05, 4.69) is 57.6 Å². The molecule has 3 aliphatic rings. The number of carbonyl (C=O) groups is 1. The van der Waals surface area contributed by atoms with E-state index in [1.54, 1.807) is 0 Å². The maximum absolute atomic E-state index is 12.7. The van der Waals surface area contributed by atoms with Gasteiger partial charge in [0, 0.05) is 25.2 Å². The van der Waals surface area contributed by atoms with Crippen molar-refractivity contribution in [2.75, 3.05) is 32.7 Å². The Bertz CT molecular complexity index is 643. The second kappa shape index (κ2) is 9.71. The first-order valence-corrected chi connectivity index (χ1v) is 11.2. The van der Waals surface area contributed by atoms with E-state index in [4.69, 9.17) is 0 Å². The molecule has 0 radical (unpaired) electrons. The summed E-state index contributed by atoms with van der Waals surface area (Å²) in [7, 11) is 0. The highest BCUT2D eigenvalue weighted by atomic mass is 16.2. The number of likely N-dealkylation sites (tertiary alicyclic amines) is 2. The second-order valence-electron chi connectivity index (χ2n) is 8.79. The van der Waals surface area contributed by atoms with Gasteiger partial charge in [0.15, 0.2) is 0 Å². The monoisotopic (exact) mass is 381 g/mol. The molecule has 0 bridgehead atoms. The van der Waals surface area contributed by atoms with Gasteiger partial charge in [0.25, 0.3) is 0 Å². The molecule has 1 aromatic carbocycles. The molecule has 28 heavy (non-hydrogen) atoms. The highest BCUT2D eigenvalue weighted by Gasteiger charge is 2.32. The van der Waals surface area contributed by atoms with Crippen molar-refractivity contribution < 1.29 is 4.79 Å². The van der Waals surface area contributed by atoms with Gasteiger partial charge < -0.3 is 10.2 Å². The molecule has 2 fully saturated rings. The first-order valence-electron chi connectivity index (χ1n) is 11.2. The van der Waals surface area contributed by atoms with Crippen LogP contribution in [0.15, 0.2) is 42.5 Å². The van der Waals surface area contributed by atoms with Crippen LogP contribution >= 0.6 is 0 Å². The van der Waals surface area contributed by atoms with Crippen molar-refractivity contribution in [3.63, 3.8) is 0 Å². The standard InChI is InChI=1S/C24H35N3O/c28-24(25-22-10-4-5-11-22)21-9-6-15-27(19-21)23-13-17-26(18-14-23)16-12-20-7-2-1-3-8-20/h1-5,7-8,21-23H,6,9-19H2,(H,25,28)/t21-/m0/s1. The highest BCUT2D eigenvalue weighted by Crippen LogP contribution is 2.24. The molecular weight excluding hydrogens is 346 g/mol. The van der Waals surface area contributed by atoms with Crippen LogP contribution in [-0.4, -0.2) is 60.5 Å². The normalized spacial score (nSPS) is 25.2. The summed E-state index contributed by atoms with van der Waals surface area (Å²) >= 11 is 0. The molecule has 0 saturated carbocycles. The van der Waals surface area contributed by atoms with Crippen LogP contribution in [-0.2, 0) is 11.2 Å². The van der Waals surface area contributed by atoms with Crippen molar-refractivity contribution in [1.82, 2.24) is 15.1 Å². The van der Waals surface area contributed by atoms with Gasteiger partial charge in [-0.15, -0.1) is 0 Å². The van der Waals surface area contributed by atoms with E-state index < -0.39 is 0 Å². The Balaban J connectivity index is 1.20. The lowest BCUT2D eigenvalue weighted by Crippen LogP contribution is -2.51. The van der Waals surface area contributed by atoms with Crippen LogP contribution in [0.2, 0.25) is 0 Å². The Morgan fingerprint density at radius 3 is 2.50 bits per heavy atom. The smallest absolute Gasteiger partial charge is 0.224 e. The number of benzene rings is 1. The summed E-state index contributed by atoms with van der Waals surface area (Å²) < 4.78 is 0. The van der Waals surface area contributed by atoms with Gasteiger partial charge >= 0.3 is 0 Å². The van der Waals surface area contributed by atoms with Crippen molar-refractivity contribution in [3.8, 4) is 0 Å². The Hall–Kier alpha value is -1.65. The molecule has 2 heterocycles. The minimum Gasteiger partial charge on any atom is -0.352 e. The summed E-state index contributed by atoms with van der Waals surface area (Å²) in [5, 5.41) is 3.28. The number of nitrogens with zero attached hydrogens (tertiary/aromatic N) is 2. The van der Waals surface area contributed by atoms with E-state index >= 15 is 0 Å². The van der Waals surface area contributed by atoms with Gasteiger partial charge in [0.05, 0.1) is 5.92 Å². The maximum Gasteiger partial charge on any atom is 0.224 e. The van der Waals surface area contributed by atoms with Crippen molar-refractivity contribution in [2.45, 2.75) is 57.0 Å². The Morgan fingerprint density at radius 1 is 1.00 bits per heavy atom. The molecule has 1 amide bonds. The number of hydrogen-bond acceptors (Lipinski definition) is 3. The largest absolute Gasteiger partial charge is 0.352 e. The van der Waals surface area contributed by atoms with Gasteiger partial charge in [-0.05, 0) is 70.1 Å². The molecule has 1 atom stereocenters. The third kappa shape index (κ3) is 5.24. The maximum atomic E-state index is 12.7. The molecule has 152 valence electrons. The van der Waals surface area contributed by atoms with Gasteiger partial charge in [0.2, 0.25) is 5.91 Å². The molecule has 4 rings (SSSR count). The van der Waals surface area contributed by atoms with Crippen molar-refractivity contribution >= 4 is 5.91 Å². The van der Waals surface area contributed by atoms with Gasteiger partial charge in [-0.3, -0.25) is 9.69 Å². The summed E-state index contributed by atoms with van der Waals surface area (Å²) in [6.07, 6.45) is 12.2. The fourth-order valence-electron chi connectivity index (χ4n) is 5.05. The summed E-state index contributed by atoms with van der Waals surface area (Å²) in [6.45, 7) is 5.68. The molecule has 1 aromatic rings. The van der Waals surface area contributed by atoms with Crippen LogP contribution in [0.1, 0.15) is 44.1 Å². The number of piperidine rings is 2. The average Bonchev–Trinajstić information content (AvgIpc) is 3.26. The van der Waals surface area contributed by atoms with Crippen LogP contribution in [0.5, 0.6) is 0 Å². The highest BCUT2D eigenvalue weighted by molar-refractivity contribution is 5.79. The number of amides is 1. The van der Waals surface area contributed by atoms with E-state index in [0.29, 0.717) is 18.0 Å². The first kappa shape index (κ1) is 19.7. The number of hydrogen-bond donors (Lipinski definition) is 1. The van der Waals surface area contributed by atoms with Crippen molar-refractivity contribution in [1.29, 1.82) is 0 Å². The van der Waals surface area contributed by atoms with Crippen molar-refractivity contribution in [2.24, 2.45) is 5.92 Å². The summed E-state index contributed by atoms with van der Waals surface area (Å²) in [5.74, 6) is 0.476. The summed E-state index contributed by atoms with van der Waals surface area (Å²) in [4.78, 5) is 17.9. The quantitative estimate of drug-likeness (QED) is 0.769. The molecule has 1 N–H and O–H groups in total. The number of carbonyl (C=O) groups excluding carboxylic acids is 1. The van der Waals surface area contributed by atoms with E-state index in [0.717, 1.165) is 45.2 Å². The van der Waals surface area contributed by atoms with Gasteiger partial charge in [-0.25, -0.2) is 0 Å². The fourth-order valence-corrected chi connectivity index (χ4v) is 5.05. The molecule has 0 unspecified atom stereocenters. The lowest BCUT2D eigenvalue weighted by molar-refractivity contribution is -0.127. The van der Waals surface area contributed by atoms with Gasteiger partial charge in [-0.2, -0.15) is 0 Å². The molecular formula is C24H35N3O. The summed E-state index contributed by atoms with van der Waals surface area (Å²) in [5.41, 5.74) is 1.44. The summed E-state index contributed by atoms with van der Waals surface area (Å²) in [6, 6.07) is 11.8. The average molecular weight is 382 g/mol. The number of rotatable bonds is 6. The SMILES string of the molecule is O=C(NC1CC=CC1)[C@H]1CCCN(C2CCN(CCc3ccccc3)CC2)C1. The van der Waals surface area contributed by atoms with E-state index in [1.807, 2.05) is 0 Å².